The van der Waals surface area contributed by atoms with Crippen LogP contribution in [0.3, 0.4) is 0 Å². The van der Waals surface area contributed by atoms with Gasteiger partial charge in [-0.15, -0.1) is 0 Å². The van der Waals surface area contributed by atoms with Gasteiger partial charge in [0.25, 0.3) is 0 Å². The number of rotatable bonds is 16. The molecular formula is C72H68O4. The highest BCUT2D eigenvalue weighted by atomic mass is 16.3. The number of phenols is 4. The molecule has 0 bridgehead atoms. The highest BCUT2D eigenvalue weighted by Crippen LogP contribution is 2.43. The SMILES string of the molecule is CC(Cc1ccccc1)(c1ccc(O)cc1)c1ccc(C(C)(Cc2ccccc2)c2ccc(O)cc2)cc1.CC(Cc1ccccc1)(c1ccc(O)cc1)c1cccc(C(C)(Cc2ccccc2)c2ccc(O)cc2)c1. The van der Waals surface area contributed by atoms with Gasteiger partial charge in [0, 0.05) is 21.7 Å². The summed E-state index contributed by atoms with van der Waals surface area (Å²) in [6.07, 6.45) is 3.35. The Bertz CT molecular complexity index is 3170. The van der Waals surface area contributed by atoms with Crippen LogP contribution in [0.25, 0.3) is 0 Å². The van der Waals surface area contributed by atoms with Crippen molar-refractivity contribution in [3.63, 3.8) is 0 Å². The molecule has 4 N–H and O–H groups in total. The number of hydrogen-bond acceptors (Lipinski definition) is 4. The van der Waals surface area contributed by atoms with Crippen LogP contribution in [0, 0.1) is 0 Å². The van der Waals surface area contributed by atoms with E-state index in [1.807, 2.05) is 60.7 Å². The summed E-state index contributed by atoms with van der Waals surface area (Å²) in [7, 11) is 0. The summed E-state index contributed by atoms with van der Waals surface area (Å²) in [6.45, 7) is 9.15. The molecule has 0 aliphatic carbocycles. The third kappa shape index (κ3) is 11.8. The quantitative estimate of drug-likeness (QED) is 0.0777. The topological polar surface area (TPSA) is 80.9 Å². The molecule has 0 fully saturated rings. The maximum absolute atomic E-state index is 10.0. The molecule has 0 aliphatic heterocycles. The van der Waals surface area contributed by atoms with Crippen molar-refractivity contribution in [2.45, 2.75) is 75.0 Å². The van der Waals surface area contributed by atoms with Gasteiger partial charge in [-0.3, -0.25) is 0 Å². The Balaban J connectivity index is 0.000000186. The summed E-state index contributed by atoms with van der Waals surface area (Å²) in [5.74, 6) is 1.09. The second-order valence-electron chi connectivity index (χ2n) is 21.3. The molecule has 0 radical (unpaired) electrons. The van der Waals surface area contributed by atoms with Crippen LogP contribution in [0.5, 0.6) is 23.0 Å². The van der Waals surface area contributed by atoms with E-state index in [9.17, 15) is 20.4 Å². The fourth-order valence-electron chi connectivity index (χ4n) is 11.2. The fraction of sp³-hybridized carbons (Fsp3) is 0.167. The Kier molecular flexibility index (Phi) is 15.7. The first-order valence-electron chi connectivity index (χ1n) is 26.3. The summed E-state index contributed by atoms with van der Waals surface area (Å²) in [5.41, 5.74) is 13.4. The van der Waals surface area contributed by atoms with Crippen LogP contribution >= 0.6 is 0 Å². The lowest BCUT2D eigenvalue weighted by Gasteiger charge is -2.35. The summed E-state index contributed by atoms with van der Waals surface area (Å²) in [5, 5.41) is 39.9. The lowest BCUT2D eigenvalue weighted by molar-refractivity contribution is 0.473. The van der Waals surface area contributed by atoms with Gasteiger partial charge in [-0.2, -0.15) is 0 Å². The highest BCUT2D eigenvalue weighted by Gasteiger charge is 2.35. The van der Waals surface area contributed by atoms with Crippen molar-refractivity contribution < 1.29 is 20.4 Å². The zero-order valence-electron chi connectivity index (χ0n) is 44.0. The molecule has 0 saturated carbocycles. The molecule has 10 aromatic rings. The Morgan fingerprint density at radius 2 is 0.395 bits per heavy atom. The van der Waals surface area contributed by atoms with Gasteiger partial charge in [-0.1, -0.05) is 246 Å². The number of hydrogen-bond donors (Lipinski definition) is 4. The van der Waals surface area contributed by atoms with Crippen LogP contribution < -0.4 is 0 Å². The van der Waals surface area contributed by atoms with Crippen LogP contribution in [0.2, 0.25) is 0 Å². The molecule has 10 aromatic carbocycles. The van der Waals surface area contributed by atoms with Crippen LogP contribution in [-0.4, -0.2) is 20.4 Å². The highest BCUT2D eigenvalue weighted by molar-refractivity contribution is 5.51. The van der Waals surface area contributed by atoms with E-state index in [0.717, 1.165) is 47.9 Å². The normalized spacial score (nSPS) is 14.4. The lowest BCUT2D eigenvalue weighted by Crippen LogP contribution is -2.30. The van der Waals surface area contributed by atoms with E-state index in [4.69, 9.17) is 0 Å². The maximum Gasteiger partial charge on any atom is 0.115 e. The molecule has 0 amide bonds. The van der Waals surface area contributed by atoms with Gasteiger partial charge in [-0.05, 0) is 141 Å². The Morgan fingerprint density at radius 3 is 0.605 bits per heavy atom. The van der Waals surface area contributed by atoms with E-state index in [0.29, 0.717) is 0 Å². The number of benzene rings is 10. The molecule has 4 unspecified atom stereocenters. The predicted molar refractivity (Wildman–Crippen MR) is 312 cm³/mol. The zero-order chi connectivity index (χ0) is 53.2. The standard InChI is InChI=1S/2C36H34O2/c1-35(25-27-10-5-3-6-11-27,29-16-20-33(37)21-17-29)31-14-9-15-32(24-31)36(2,26-28-12-7-4-8-13-28)30-18-22-34(38)23-19-30;1-35(25-27-9-5-3-6-10-27,31-17-21-33(37)22-18-31)29-13-15-30(16-14-29)36(2,26-28-11-7-4-8-12-28)32-19-23-34(38)24-20-32/h2*3-24,37-38H,25-26H2,1-2H3. The smallest absolute Gasteiger partial charge is 0.115 e. The van der Waals surface area contributed by atoms with E-state index in [-0.39, 0.29) is 44.7 Å². The molecule has 4 nitrogen and oxygen atoms in total. The summed E-state index contributed by atoms with van der Waals surface area (Å²) < 4.78 is 0. The van der Waals surface area contributed by atoms with E-state index in [2.05, 4.69) is 185 Å². The van der Waals surface area contributed by atoms with Crippen LogP contribution in [0.15, 0.2) is 267 Å². The van der Waals surface area contributed by atoms with E-state index < -0.39 is 0 Å². The van der Waals surface area contributed by atoms with Crippen LogP contribution in [-0.2, 0) is 47.3 Å². The molecule has 0 heterocycles. The van der Waals surface area contributed by atoms with Gasteiger partial charge in [0.15, 0.2) is 0 Å². The van der Waals surface area contributed by atoms with Crippen molar-refractivity contribution >= 4 is 0 Å². The van der Waals surface area contributed by atoms with Crippen molar-refractivity contribution in [3.8, 4) is 23.0 Å². The van der Waals surface area contributed by atoms with Crippen molar-refractivity contribution in [2.75, 3.05) is 0 Å². The van der Waals surface area contributed by atoms with Gasteiger partial charge in [-0.25, -0.2) is 0 Å². The van der Waals surface area contributed by atoms with Gasteiger partial charge in [0.1, 0.15) is 23.0 Å². The third-order valence-electron chi connectivity index (χ3n) is 15.9. The van der Waals surface area contributed by atoms with E-state index in [1.54, 1.807) is 48.5 Å². The predicted octanol–water partition coefficient (Wildman–Crippen LogP) is 16.4. The van der Waals surface area contributed by atoms with Crippen LogP contribution in [0.1, 0.15) is 94.5 Å². The van der Waals surface area contributed by atoms with Crippen molar-refractivity contribution in [3.05, 3.63) is 334 Å². The Morgan fingerprint density at radius 1 is 0.211 bits per heavy atom. The maximum atomic E-state index is 10.0. The van der Waals surface area contributed by atoms with Gasteiger partial charge in [0.2, 0.25) is 0 Å². The van der Waals surface area contributed by atoms with Crippen LogP contribution in [0.4, 0.5) is 0 Å². The third-order valence-corrected chi connectivity index (χ3v) is 15.9. The molecule has 0 spiro atoms. The van der Waals surface area contributed by atoms with Gasteiger partial charge < -0.3 is 20.4 Å². The molecule has 76 heavy (non-hydrogen) atoms. The molecule has 0 aromatic heterocycles. The number of aromatic hydroxyl groups is 4. The summed E-state index contributed by atoms with van der Waals surface area (Å²) in [4.78, 5) is 0. The number of phenolic OH excluding ortho intramolecular Hbond substituents is 4. The molecule has 4 atom stereocenters. The molecular weight excluding hydrogens is 929 g/mol. The Hall–Kier alpha value is -8.60. The molecule has 4 heteroatoms. The largest absolute Gasteiger partial charge is 0.508 e. The second kappa shape index (κ2) is 22.9. The minimum absolute atomic E-state index is 0.271. The van der Waals surface area contributed by atoms with Crippen molar-refractivity contribution in [2.24, 2.45) is 0 Å². The molecule has 10 rings (SSSR count). The monoisotopic (exact) mass is 997 g/mol. The first-order chi connectivity index (χ1) is 36.7. The zero-order valence-corrected chi connectivity index (χ0v) is 44.0. The van der Waals surface area contributed by atoms with Crippen molar-refractivity contribution in [1.29, 1.82) is 0 Å². The summed E-state index contributed by atoms with van der Waals surface area (Å²) in [6, 6.07) is 90.8. The average molecular weight is 997 g/mol. The molecule has 0 saturated heterocycles. The van der Waals surface area contributed by atoms with E-state index >= 15 is 0 Å². The molecule has 0 aliphatic rings. The summed E-state index contributed by atoms with van der Waals surface area (Å²) >= 11 is 0. The van der Waals surface area contributed by atoms with Crippen molar-refractivity contribution in [1.82, 2.24) is 0 Å². The lowest BCUT2D eigenvalue weighted by atomic mass is 9.68. The van der Waals surface area contributed by atoms with E-state index in [1.165, 1.54) is 44.5 Å². The van der Waals surface area contributed by atoms with Gasteiger partial charge >= 0.3 is 0 Å². The minimum Gasteiger partial charge on any atom is -0.508 e. The minimum atomic E-state index is -0.312. The Labute approximate surface area is 450 Å². The average Bonchev–Trinajstić information content (AvgIpc) is 3.47. The molecule has 380 valence electrons. The van der Waals surface area contributed by atoms with Gasteiger partial charge in [0.05, 0.1) is 0 Å². The fourth-order valence-corrected chi connectivity index (χ4v) is 11.2. The first kappa shape index (κ1) is 52.3. The second-order valence-corrected chi connectivity index (χ2v) is 21.3. The first-order valence-corrected chi connectivity index (χ1v) is 26.3.